The van der Waals surface area contributed by atoms with Crippen molar-refractivity contribution in [2.24, 2.45) is 5.92 Å². The van der Waals surface area contributed by atoms with Gasteiger partial charge in [0, 0.05) is 58.2 Å². The number of piperazine rings is 1. The highest BCUT2D eigenvalue weighted by atomic mass is 15.3. The standard InChI is InChI=1S/C25H32N6/c1-2-11-26-21(6-1)17-28-14-15-30(16-20-9-10-20)23(19-28)22-18-31-24(27-22)7-5-8-25(31)29-12-3-4-13-29/h1-2,5-8,11,18,20,23H,3-4,9-10,12-17,19H2/t23-/m0/s1. The van der Waals surface area contributed by atoms with Gasteiger partial charge in [-0.25, -0.2) is 4.98 Å². The largest absolute Gasteiger partial charge is 0.358 e. The second-order valence-electron chi connectivity index (χ2n) is 9.48. The van der Waals surface area contributed by atoms with Gasteiger partial charge in [0.05, 0.1) is 17.4 Å². The van der Waals surface area contributed by atoms with Gasteiger partial charge in [0.25, 0.3) is 0 Å². The third kappa shape index (κ3) is 4.06. The molecule has 2 saturated heterocycles. The fraction of sp³-hybridized carbons (Fsp3) is 0.520. The van der Waals surface area contributed by atoms with Gasteiger partial charge in [0.15, 0.2) is 0 Å². The number of nitrogens with zero attached hydrogens (tertiary/aromatic N) is 6. The molecule has 6 rings (SSSR count). The summed E-state index contributed by atoms with van der Waals surface area (Å²) in [6, 6.07) is 13.1. The molecule has 2 aliphatic heterocycles. The van der Waals surface area contributed by atoms with Crippen LogP contribution in [0.25, 0.3) is 5.65 Å². The number of imidazole rings is 1. The van der Waals surface area contributed by atoms with E-state index in [2.05, 4.69) is 60.6 Å². The first-order chi connectivity index (χ1) is 15.3. The number of hydrogen-bond donors (Lipinski definition) is 0. The molecule has 0 spiro atoms. The van der Waals surface area contributed by atoms with Gasteiger partial charge in [0.2, 0.25) is 0 Å². The van der Waals surface area contributed by atoms with Crippen molar-refractivity contribution in [3.05, 3.63) is 60.2 Å². The van der Waals surface area contributed by atoms with E-state index in [1.165, 1.54) is 43.7 Å². The summed E-state index contributed by atoms with van der Waals surface area (Å²) in [7, 11) is 0. The number of hydrogen-bond acceptors (Lipinski definition) is 5. The van der Waals surface area contributed by atoms with Gasteiger partial charge < -0.3 is 4.90 Å². The first-order valence-corrected chi connectivity index (χ1v) is 11.9. The van der Waals surface area contributed by atoms with Gasteiger partial charge in [-0.1, -0.05) is 12.1 Å². The van der Waals surface area contributed by atoms with Crippen LogP contribution < -0.4 is 4.90 Å². The fourth-order valence-corrected chi connectivity index (χ4v) is 5.25. The van der Waals surface area contributed by atoms with Gasteiger partial charge >= 0.3 is 0 Å². The molecule has 0 bridgehead atoms. The average Bonchev–Trinajstić information content (AvgIpc) is 3.26. The number of fused-ring (bicyclic) bond motifs is 1. The van der Waals surface area contributed by atoms with Crippen molar-refractivity contribution in [2.75, 3.05) is 44.2 Å². The molecular formula is C25H32N6. The lowest BCUT2D eigenvalue weighted by Gasteiger charge is -2.40. The molecule has 6 nitrogen and oxygen atoms in total. The van der Waals surface area contributed by atoms with E-state index >= 15 is 0 Å². The van der Waals surface area contributed by atoms with E-state index in [0.717, 1.165) is 56.5 Å². The van der Waals surface area contributed by atoms with Crippen LogP contribution in [-0.4, -0.2) is 63.4 Å². The predicted molar refractivity (Wildman–Crippen MR) is 123 cm³/mol. The normalized spacial score (nSPS) is 23.1. The number of pyridine rings is 2. The summed E-state index contributed by atoms with van der Waals surface area (Å²) in [5.74, 6) is 2.19. The molecular weight excluding hydrogens is 384 g/mol. The number of anilines is 1. The quantitative estimate of drug-likeness (QED) is 0.614. The SMILES string of the molecule is c1ccc(CN2CCN(CC3CC3)[C@H](c3cn4c(N5CCCC5)cccc4n3)C2)nc1. The smallest absolute Gasteiger partial charge is 0.138 e. The first kappa shape index (κ1) is 19.3. The van der Waals surface area contributed by atoms with Gasteiger partial charge in [-0.3, -0.25) is 19.2 Å². The summed E-state index contributed by atoms with van der Waals surface area (Å²) in [6.45, 7) is 7.68. The van der Waals surface area contributed by atoms with Gasteiger partial charge in [-0.2, -0.15) is 0 Å². The van der Waals surface area contributed by atoms with Crippen LogP contribution >= 0.6 is 0 Å². The van der Waals surface area contributed by atoms with E-state index in [4.69, 9.17) is 4.98 Å². The molecule has 162 valence electrons. The second-order valence-corrected chi connectivity index (χ2v) is 9.48. The molecule has 0 N–H and O–H groups in total. The van der Waals surface area contributed by atoms with Crippen molar-refractivity contribution in [3.8, 4) is 0 Å². The Bertz CT molecular complexity index is 1020. The minimum atomic E-state index is 0.351. The van der Waals surface area contributed by atoms with Crippen LogP contribution in [0.5, 0.6) is 0 Å². The monoisotopic (exact) mass is 416 g/mol. The summed E-state index contributed by atoms with van der Waals surface area (Å²) < 4.78 is 2.33. The Labute approximate surface area is 184 Å². The zero-order valence-electron chi connectivity index (χ0n) is 18.2. The Morgan fingerprint density at radius 2 is 1.84 bits per heavy atom. The van der Waals surface area contributed by atoms with E-state index in [9.17, 15) is 0 Å². The van der Waals surface area contributed by atoms with Crippen LogP contribution in [0, 0.1) is 5.92 Å². The van der Waals surface area contributed by atoms with Crippen LogP contribution in [0.4, 0.5) is 5.82 Å². The van der Waals surface area contributed by atoms with E-state index < -0.39 is 0 Å². The highest BCUT2D eigenvalue weighted by Gasteiger charge is 2.34. The molecule has 3 aromatic rings. The topological polar surface area (TPSA) is 39.9 Å². The Hall–Kier alpha value is -2.44. The molecule has 1 atom stereocenters. The lowest BCUT2D eigenvalue weighted by molar-refractivity contribution is 0.0633. The van der Waals surface area contributed by atoms with Crippen LogP contribution in [0.1, 0.15) is 43.1 Å². The molecule has 6 heteroatoms. The van der Waals surface area contributed by atoms with Crippen LogP contribution in [0.15, 0.2) is 48.8 Å². The molecule has 0 radical (unpaired) electrons. The summed E-state index contributed by atoms with van der Waals surface area (Å²) >= 11 is 0. The van der Waals surface area contributed by atoms with Crippen molar-refractivity contribution in [1.29, 1.82) is 0 Å². The lowest BCUT2D eigenvalue weighted by Crippen LogP contribution is -2.48. The van der Waals surface area contributed by atoms with E-state index in [1.807, 2.05) is 12.3 Å². The third-order valence-electron chi connectivity index (χ3n) is 7.14. The molecule has 0 aromatic carbocycles. The van der Waals surface area contributed by atoms with Crippen LogP contribution in [0.2, 0.25) is 0 Å². The summed E-state index contributed by atoms with van der Waals surface area (Å²) in [6.07, 6.45) is 9.59. The molecule has 31 heavy (non-hydrogen) atoms. The highest BCUT2D eigenvalue weighted by Crippen LogP contribution is 2.35. The predicted octanol–water partition coefficient (Wildman–Crippen LogP) is 3.60. The molecule has 3 aliphatic rings. The van der Waals surface area contributed by atoms with E-state index in [-0.39, 0.29) is 0 Å². The average molecular weight is 417 g/mol. The molecule has 0 amide bonds. The minimum absolute atomic E-state index is 0.351. The van der Waals surface area contributed by atoms with Gasteiger partial charge in [-0.15, -0.1) is 0 Å². The highest BCUT2D eigenvalue weighted by molar-refractivity contribution is 5.53. The maximum absolute atomic E-state index is 5.14. The second kappa shape index (κ2) is 8.24. The van der Waals surface area contributed by atoms with Crippen molar-refractivity contribution < 1.29 is 0 Å². The van der Waals surface area contributed by atoms with E-state index in [0.29, 0.717) is 6.04 Å². The molecule has 1 saturated carbocycles. The maximum atomic E-state index is 5.14. The number of rotatable bonds is 6. The zero-order chi connectivity index (χ0) is 20.6. The van der Waals surface area contributed by atoms with Crippen molar-refractivity contribution in [1.82, 2.24) is 24.2 Å². The molecule has 5 heterocycles. The van der Waals surface area contributed by atoms with Gasteiger partial charge in [-0.05, 0) is 55.9 Å². The Kier molecular flexibility index (Phi) is 5.12. The Balaban J connectivity index is 1.29. The zero-order valence-corrected chi connectivity index (χ0v) is 18.2. The van der Waals surface area contributed by atoms with Crippen molar-refractivity contribution >= 4 is 11.5 Å². The molecule has 0 unspecified atom stereocenters. The van der Waals surface area contributed by atoms with Gasteiger partial charge in [0.1, 0.15) is 11.5 Å². The summed E-state index contributed by atoms with van der Waals surface area (Å²) in [4.78, 5) is 17.5. The van der Waals surface area contributed by atoms with Crippen LogP contribution in [0.3, 0.4) is 0 Å². The first-order valence-electron chi connectivity index (χ1n) is 11.9. The van der Waals surface area contributed by atoms with Crippen molar-refractivity contribution in [3.63, 3.8) is 0 Å². The lowest BCUT2D eigenvalue weighted by atomic mass is 10.1. The molecule has 3 aromatic heterocycles. The third-order valence-corrected chi connectivity index (χ3v) is 7.14. The fourth-order valence-electron chi connectivity index (χ4n) is 5.25. The Morgan fingerprint density at radius 1 is 0.935 bits per heavy atom. The summed E-state index contributed by atoms with van der Waals surface area (Å²) in [5, 5.41) is 0. The van der Waals surface area contributed by atoms with Crippen molar-refractivity contribution in [2.45, 2.75) is 38.3 Å². The Morgan fingerprint density at radius 3 is 2.65 bits per heavy atom. The minimum Gasteiger partial charge on any atom is -0.358 e. The maximum Gasteiger partial charge on any atom is 0.138 e. The van der Waals surface area contributed by atoms with Crippen LogP contribution in [-0.2, 0) is 6.54 Å². The number of aromatic nitrogens is 3. The molecule has 3 fully saturated rings. The van der Waals surface area contributed by atoms with E-state index in [1.54, 1.807) is 0 Å². The molecule has 1 aliphatic carbocycles. The summed E-state index contributed by atoms with van der Waals surface area (Å²) in [5.41, 5.74) is 3.45.